The highest BCUT2D eigenvalue weighted by Crippen LogP contribution is 2.37. The summed E-state index contributed by atoms with van der Waals surface area (Å²) >= 11 is 0. The summed E-state index contributed by atoms with van der Waals surface area (Å²) in [6.45, 7) is 1.69. The van der Waals surface area contributed by atoms with Crippen LogP contribution in [-0.4, -0.2) is 34.8 Å². The van der Waals surface area contributed by atoms with Crippen LogP contribution in [0.25, 0.3) is 0 Å². The molecule has 1 aromatic carbocycles. The number of hydrazine groups is 1. The minimum atomic E-state index is -0.780. The minimum Gasteiger partial charge on any atom is -0.493 e. The Bertz CT molecular complexity index is 1050. The molecular formula is C26H32N4O3. The quantitative estimate of drug-likeness (QED) is 0.465. The van der Waals surface area contributed by atoms with E-state index in [-0.39, 0.29) is 17.9 Å². The molecule has 0 saturated carbocycles. The lowest BCUT2D eigenvalue weighted by Crippen LogP contribution is -2.45. The number of ether oxygens (including phenoxy) is 1. The van der Waals surface area contributed by atoms with Crippen LogP contribution < -0.4 is 20.9 Å². The molecule has 0 radical (unpaired) electrons. The number of aromatic nitrogens is 1. The molecule has 33 heavy (non-hydrogen) atoms. The number of anilines is 1. The van der Waals surface area contributed by atoms with Gasteiger partial charge in [-0.25, -0.2) is 10.4 Å². The van der Waals surface area contributed by atoms with E-state index in [0.29, 0.717) is 13.0 Å². The first-order chi connectivity index (χ1) is 16.1. The molecule has 0 bridgehead atoms. The second-order valence-electron chi connectivity index (χ2n) is 9.42. The minimum absolute atomic E-state index is 0.0914. The standard InChI is InChI=1S/C26H32N4O3/c31-24(32)16-21(20-6-5-18-9-14-33-23(18)15-20)17-26(11-13-28-30-26)10-1-4-22-8-7-19-3-2-12-27-25(19)29-22/h5-8,11,13,15,21,28,30H,1-4,9-10,12,14,16-17H2,(H,27,29)(H,31,32). The van der Waals surface area contributed by atoms with E-state index in [1.165, 1.54) is 11.1 Å². The van der Waals surface area contributed by atoms with Crippen molar-refractivity contribution in [2.24, 2.45) is 0 Å². The van der Waals surface area contributed by atoms with Crippen LogP contribution in [0.4, 0.5) is 5.82 Å². The number of aryl methyl sites for hydroxylation is 2. The molecule has 0 amide bonds. The maximum atomic E-state index is 11.7. The van der Waals surface area contributed by atoms with Crippen LogP contribution in [0.1, 0.15) is 60.4 Å². The number of carboxylic acid groups (broad SMARTS) is 1. The number of nitrogens with one attached hydrogen (secondary N) is 3. The zero-order valence-electron chi connectivity index (χ0n) is 18.9. The summed E-state index contributed by atoms with van der Waals surface area (Å²) in [5, 5.41) is 13.0. The fourth-order valence-electron chi connectivity index (χ4n) is 5.28. The van der Waals surface area contributed by atoms with Crippen LogP contribution >= 0.6 is 0 Å². The van der Waals surface area contributed by atoms with Crippen molar-refractivity contribution >= 4 is 11.8 Å². The number of hydrogen-bond donors (Lipinski definition) is 4. The van der Waals surface area contributed by atoms with Crippen LogP contribution in [0, 0.1) is 0 Å². The molecule has 7 heteroatoms. The van der Waals surface area contributed by atoms with Crippen molar-refractivity contribution in [3.05, 3.63) is 65.0 Å². The van der Waals surface area contributed by atoms with Gasteiger partial charge < -0.3 is 20.6 Å². The Balaban J connectivity index is 1.28. The van der Waals surface area contributed by atoms with Crippen molar-refractivity contribution in [2.75, 3.05) is 18.5 Å². The molecule has 0 aliphatic carbocycles. The highest BCUT2D eigenvalue weighted by molar-refractivity contribution is 5.68. The Labute approximate surface area is 194 Å². The summed E-state index contributed by atoms with van der Waals surface area (Å²) in [5.74, 6) is 1.05. The fraction of sp³-hybridized carbons (Fsp3) is 0.462. The molecular weight excluding hydrogens is 416 g/mol. The Morgan fingerprint density at radius 1 is 1.21 bits per heavy atom. The molecule has 3 aliphatic heterocycles. The molecule has 5 rings (SSSR count). The van der Waals surface area contributed by atoms with E-state index in [4.69, 9.17) is 9.72 Å². The zero-order chi connectivity index (χ0) is 22.7. The third kappa shape index (κ3) is 4.98. The average Bonchev–Trinajstić information content (AvgIpc) is 3.47. The second kappa shape index (κ2) is 9.43. The number of benzene rings is 1. The van der Waals surface area contributed by atoms with Gasteiger partial charge in [-0.2, -0.15) is 0 Å². The lowest BCUT2D eigenvalue weighted by Gasteiger charge is -2.32. The number of carbonyl (C=O) groups is 1. The number of carboxylic acids is 1. The second-order valence-corrected chi connectivity index (χ2v) is 9.42. The van der Waals surface area contributed by atoms with E-state index in [1.807, 2.05) is 12.3 Å². The van der Waals surface area contributed by atoms with Crippen molar-refractivity contribution in [1.82, 2.24) is 15.8 Å². The largest absolute Gasteiger partial charge is 0.493 e. The number of aliphatic carboxylic acids is 1. The van der Waals surface area contributed by atoms with E-state index in [2.05, 4.69) is 46.5 Å². The van der Waals surface area contributed by atoms with Gasteiger partial charge in [0.1, 0.15) is 11.6 Å². The maximum Gasteiger partial charge on any atom is 0.303 e. The Morgan fingerprint density at radius 3 is 2.97 bits per heavy atom. The maximum absolute atomic E-state index is 11.7. The molecule has 174 valence electrons. The van der Waals surface area contributed by atoms with Crippen molar-refractivity contribution < 1.29 is 14.6 Å². The van der Waals surface area contributed by atoms with Gasteiger partial charge in [-0.15, -0.1) is 0 Å². The molecule has 1 aromatic heterocycles. The van der Waals surface area contributed by atoms with Crippen molar-refractivity contribution in [3.63, 3.8) is 0 Å². The molecule has 4 N–H and O–H groups in total. The van der Waals surface area contributed by atoms with Crippen LogP contribution in [0.5, 0.6) is 5.75 Å². The smallest absolute Gasteiger partial charge is 0.303 e. The number of nitrogens with zero attached hydrogens (tertiary/aromatic N) is 1. The Kier molecular flexibility index (Phi) is 6.22. The first-order valence-electron chi connectivity index (χ1n) is 12.0. The number of rotatable bonds is 9. The number of hydrogen-bond acceptors (Lipinski definition) is 6. The van der Waals surface area contributed by atoms with Gasteiger partial charge >= 0.3 is 5.97 Å². The Morgan fingerprint density at radius 2 is 2.12 bits per heavy atom. The lowest BCUT2D eigenvalue weighted by atomic mass is 9.79. The van der Waals surface area contributed by atoms with Gasteiger partial charge in [-0.1, -0.05) is 18.2 Å². The topological polar surface area (TPSA) is 95.5 Å². The van der Waals surface area contributed by atoms with Gasteiger partial charge in [-0.05, 0) is 79.3 Å². The predicted molar refractivity (Wildman–Crippen MR) is 127 cm³/mol. The van der Waals surface area contributed by atoms with Crippen molar-refractivity contribution in [3.8, 4) is 5.75 Å². The van der Waals surface area contributed by atoms with Crippen LogP contribution in [0.15, 0.2) is 42.6 Å². The summed E-state index contributed by atoms with van der Waals surface area (Å²) in [6, 6.07) is 10.6. The zero-order valence-corrected chi connectivity index (χ0v) is 18.9. The van der Waals surface area contributed by atoms with E-state index >= 15 is 0 Å². The van der Waals surface area contributed by atoms with Crippen LogP contribution in [0.2, 0.25) is 0 Å². The third-order valence-corrected chi connectivity index (χ3v) is 7.04. The Hall–Kier alpha value is -3.06. The summed E-state index contributed by atoms with van der Waals surface area (Å²) in [4.78, 5) is 16.5. The lowest BCUT2D eigenvalue weighted by molar-refractivity contribution is -0.137. The highest BCUT2D eigenvalue weighted by atomic mass is 16.5. The molecule has 2 unspecified atom stereocenters. The SMILES string of the molecule is O=C(O)CC(CC1(CCCc2ccc3c(n2)NCCC3)C=CNN1)c1ccc2c(c1)OCC2. The predicted octanol–water partition coefficient (Wildman–Crippen LogP) is 3.71. The van der Waals surface area contributed by atoms with E-state index in [0.717, 1.165) is 67.9 Å². The van der Waals surface area contributed by atoms with Gasteiger partial charge in [0.25, 0.3) is 0 Å². The van der Waals surface area contributed by atoms with Crippen LogP contribution in [-0.2, 0) is 24.1 Å². The fourth-order valence-corrected chi connectivity index (χ4v) is 5.28. The third-order valence-electron chi connectivity index (χ3n) is 7.04. The highest BCUT2D eigenvalue weighted by Gasteiger charge is 2.34. The van der Waals surface area contributed by atoms with Gasteiger partial charge in [0.2, 0.25) is 0 Å². The van der Waals surface area contributed by atoms with E-state index in [1.54, 1.807) is 0 Å². The molecule has 0 saturated heterocycles. The van der Waals surface area contributed by atoms with Gasteiger partial charge in [0, 0.05) is 24.9 Å². The molecule has 4 heterocycles. The average molecular weight is 449 g/mol. The first-order valence-corrected chi connectivity index (χ1v) is 12.0. The van der Waals surface area contributed by atoms with E-state index in [9.17, 15) is 9.90 Å². The van der Waals surface area contributed by atoms with Crippen molar-refractivity contribution in [2.45, 2.75) is 62.8 Å². The number of fused-ring (bicyclic) bond motifs is 2. The molecule has 7 nitrogen and oxygen atoms in total. The van der Waals surface area contributed by atoms with Gasteiger partial charge in [-0.3, -0.25) is 4.79 Å². The van der Waals surface area contributed by atoms with Crippen molar-refractivity contribution in [1.29, 1.82) is 0 Å². The molecule has 2 aromatic rings. The van der Waals surface area contributed by atoms with Crippen LogP contribution in [0.3, 0.4) is 0 Å². The summed E-state index contributed by atoms with van der Waals surface area (Å²) < 4.78 is 5.74. The molecule has 0 fully saturated rings. The monoisotopic (exact) mass is 448 g/mol. The normalized spacial score (nSPS) is 21.5. The summed E-state index contributed by atoms with van der Waals surface area (Å²) in [5.41, 5.74) is 10.9. The van der Waals surface area contributed by atoms with Gasteiger partial charge in [0.15, 0.2) is 0 Å². The molecule has 3 aliphatic rings. The summed E-state index contributed by atoms with van der Waals surface area (Å²) in [7, 11) is 0. The summed E-state index contributed by atoms with van der Waals surface area (Å²) in [6.07, 6.45) is 10.8. The first kappa shape index (κ1) is 21.8. The molecule has 0 spiro atoms. The number of pyridine rings is 1. The van der Waals surface area contributed by atoms with Gasteiger partial charge in [0.05, 0.1) is 18.6 Å². The molecule has 2 atom stereocenters. The van der Waals surface area contributed by atoms with E-state index < -0.39 is 5.97 Å².